The van der Waals surface area contributed by atoms with Gasteiger partial charge in [-0.1, -0.05) is 0 Å². The van der Waals surface area contributed by atoms with Crippen molar-refractivity contribution in [1.29, 1.82) is 0 Å². The highest BCUT2D eigenvalue weighted by Gasteiger charge is 2.39. The normalized spacial score (nSPS) is 19.5. The number of alkyl halides is 3. The van der Waals surface area contributed by atoms with Crippen molar-refractivity contribution in [1.82, 2.24) is 14.9 Å². The molecule has 5 nitrogen and oxygen atoms in total. The third-order valence-corrected chi connectivity index (χ3v) is 3.02. The molecule has 2 rings (SSSR count). The van der Waals surface area contributed by atoms with E-state index in [0.717, 1.165) is 0 Å². The predicted octanol–water partition coefficient (Wildman–Crippen LogP) is 0.522. The molecule has 8 heteroatoms. The van der Waals surface area contributed by atoms with Gasteiger partial charge >= 0.3 is 6.18 Å². The molecule has 106 valence electrons. The SMILES string of the molecule is OC(CN1CCN(c2ncccn2)CC1)C(F)(F)F. The van der Waals surface area contributed by atoms with Crippen LogP contribution < -0.4 is 4.90 Å². The summed E-state index contributed by atoms with van der Waals surface area (Å²) in [5.74, 6) is 0.582. The zero-order chi connectivity index (χ0) is 13.9. The van der Waals surface area contributed by atoms with Crippen LogP contribution in [0.1, 0.15) is 0 Å². The number of aliphatic hydroxyl groups is 1. The maximum Gasteiger partial charge on any atom is 0.415 e. The summed E-state index contributed by atoms with van der Waals surface area (Å²) in [7, 11) is 0. The van der Waals surface area contributed by atoms with Crippen molar-refractivity contribution in [3.8, 4) is 0 Å². The summed E-state index contributed by atoms with van der Waals surface area (Å²) >= 11 is 0. The zero-order valence-electron chi connectivity index (χ0n) is 10.2. The number of β-amino-alcohol motifs (C(OH)–C–C–N with tert-alkyl or cyclic N) is 1. The molecule has 1 N–H and O–H groups in total. The van der Waals surface area contributed by atoms with Crippen LogP contribution in [0.3, 0.4) is 0 Å². The number of halogens is 3. The summed E-state index contributed by atoms with van der Waals surface area (Å²) < 4.78 is 36.7. The molecule has 19 heavy (non-hydrogen) atoms. The Kier molecular flexibility index (Phi) is 4.20. The van der Waals surface area contributed by atoms with Gasteiger partial charge in [-0.05, 0) is 6.07 Å². The first-order valence-electron chi connectivity index (χ1n) is 5.96. The molecular formula is C11H15F3N4O. The summed E-state index contributed by atoms with van der Waals surface area (Å²) in [4.78, 5) is 11.7. The predicted molar refractivity (Wildman–Crippen MR) is 62.7 cm³/mol. The second-order valence-corrected chi connectivity index (χ2v) is 4.39. The lowest BCUT2D eigenvalue weighted by atomic mass is 10.2. The Morgan fingerprint density at radius 2 is 1.74 bits per heavy atom. The molecule has 1 fully saturated rings. The van der Waals surface area contributed by atoms with Crippen molar-refractivity contribution in [2.75, 3.05) is 37.6 Å². The Hall–Kier alpha value is -1.41. The highest BCUT2D eigenvalue weighted by Crippen LogP contribution is 2.21. The molecule has 0 aromatic carbocycles. The van der Waals surface area contributed by atoms with Crippen molar-refractivity contribution in [2.24, 2.45) is 0 Å². The van der Waals surface area contributed by atoms with Gasteiger partial charge in [-0.3, -0.25) is 4.90 Å². The molecule has 0 radical (unpaired) electrons. The smallest absolute Gasteiger partial charge is 0.382 e. The molecule has 0 amide bonds. The molecule has 0 saturated carbocycles. The minimum Gasteiger partial charge on any atom is -0.382 e. The first-order chi connectivity index (χ1) is 8.97. The fourth-order valence-electron chi connectivity index (χ4n) is 1.93. The maximum absolute atomic E-state index is 12.2. The molecule has 1 atom stereocenters. The van der Waals surface area contributed by atoms with E-state index in [-0.39, 0.29) is 6.54 Å². The van der Waals surface area contributed by atoms with Crippen LogP contribution in [-0.4, -0.2) is 65.0 Å². The number of nitrogens with zero attached hydrogens (tertiary/aromatic N) is 4. The minimum absolute atomic E-state index is 0.382. The van der Waals surface area contributed by atoms with Crippen LogP contribution in [-0.2, 0) is 0 Å². The van der Waals surface area contributed by atoms with Gasteiger partial charge in [0, 0.05) is 45.1 Å². The van der Waals surface area contributed by atoms with Crippen LogP contribution in [0.4, 0.5) is 19.1 Å². The lowest BCUT2D eigenvalue weighted by Crippen LogP contribution is -2.51. The number of aromatic nitrogens is 2. The number of aliphatic hydroxyl groups excluding tert-OH is 1. The Morgan fingerprint density at radius 3 is 2.26 bits per heavy atom. The lowest BCUT2D eigenvalue weighted by Gasteiger charge is -2.35. The topological polar surface area (TPSA) is 52.5 Å². The first kappa shape index (κ1) is 14.0. The van der Waals surface area contributed by atoms with Gasteiger partial charge in [0.1, 0.15) is 0 Å². The monoisotopic (exact) mass is 276 g/mol. The Bertz CT molecular complexity index is 393. The summed E-state index contributed by atoms with van der Waals surface area (Å²) in [5.41, 5.74) is 0. The molecule has 0 aliphatic carbocycles. The molecule has 1 aromatic heterocycles. The van der Waals surface area contributed by atoms with Gasteiger partial charge in [0.2, 0.25) is 5.95 Å². The van der Waals surface area contributed by atoms with Crippen LogP contribution in [0.15, 0.2) is 18.5 Å². The van der Waals surface area contributed by atoms with E-state index in [4.69, 9.17) is 5.11 Å². The van der Waals surface area contributed by atoms with Crippen molar-refractivity contribution in [3.05, 3.63) is 18.5 Å². The number of anilines is 1. The molecule has 1 saturated heterocycles. The minimum atomic E-state index is -4.56. The van der Waals surface area contributed by atoms with Gasteiger partial charge in [-0.2, -0.15) is 13.2 Å². The summed E-state index contributed by atoms with van der Waals surface area (Å²) in [6.07, 6.45) is -3.59. The molecule has 1 aliphatic heterocycles. The van der Waals surface area contributed by atoms with Crippen LogP contribution in [0.5, 0.6) is 0 Å². The fraction of sp³-hybridized carbons (Fsp3) is 0.636. The molecule has 0 bridgehead atoms. The van der Waals surface area contributed by atoms with E-state index in [1.54, 1.807) is 23.4 Å². The fourth-order valence-corrected chi connectivity index (χ4v) is 1.93. The van der Waals surface area contributed by atoms with Crippen LogP contribution >= 0.6 is 0 Å². The van der Waals surface area contributed by atoms with Gasteiger partial charge in [0.05, 0.1) is 0 Å². The van der Waals surface area contributed by atoms with Gasteiger partial charge < -0.3 is 10.0 Å². The van der Waals surface area contributed by atoms with Crippen molar-refractivity contribution >= 4 is 5.95 Å². The molecular weight excluding hydrogens is 261 g/mol. The third kappa shape index (κ3) is 3.77. The zero-order valence-corrected chi connectivity index (χ0v) is 10.2. The standard InChI is InChI=1S/C11H15F3N4O/c12-11(13,14)9(19)8-17-4-6-18(7-5-17)10-15-2-1-3-16-10/h1-3,9,19H,4-8H2. The van der Waals surface area contributed by atoms with E-state index in [0.29, 0.717) is 32.1 Å². The van der Waals surface area contributed by atoms with Gasteiger partial charge in [0.25, 0.3) is 0 Å². The molecule has 1 aliphatic rings. The molecule has 1 unspecified atom stereocenters. The molecule has 0 spiro atoms. The summed E-state index contributed by atoms with van der Waals surface area (Å²) in [6.45, 7) is 1.62. The van der Waals surface area contributed by atoms with Crippen molar-refractivity contribution < 1.29 is 18.3 Å². The highest BCUT2D eigenvalue weighted by molar-refractivity contribution is 5.29. The highest BCUT2D eigenvalue weighted by atomic mass is 19.4. The Balaban J connectivity index is 1.83. The van der Waals surface area contributed by atoms with Crippen LogP contribution in [0.25, 0.3) is 0 Å². The molecule has 2 heterocycles. The summed E-state index contributed by atoms with van der Waals surface area (Å²) in [6, 6.07) is 1.71. The van der Waals surface area contributed by atoms with Gasteiger partial charge in [0.15, 0.2) is 6.10 Å². The van der Waals surface area contributed by atoms with Crippen LogP contribution in [0, 0.1) is 0 Å². The quantitative estimate of drug-likeness (QED) is 0.872. The third-order valence-electron chi connectivity index (χ3n) is 3.02. The van der Waals surface area contributed by atoms with E-state index >= 15 is 0 Å². The Morgan fingerprint density at radius 1 is 1.16 bits per heavy atom. The van der Waals surface area contributed by atoms with Gasteiger partial charge in [-0.15, -0.1) is 0 Å². The lowest BCUT2D eigenvalue weighted by molar-refractivity contribution is -0.208. The van der Waals surface area contributed by atoms with Gasteiger partial charge in [-0.25, -0.2) is 9.97 Å². The second-order valence-electron chi connectivity index (χ2n) is 4.39. The van der Waals surface area contributed by atoms with E-state index in [1.165, 1.54) is 0 Å². The first-order valence-corrected chi connectivity index (χ1v) is 5.96. The number of hydrogen-bond donors (Lipinski definition) is 1. The van der Waals surface area contributed by atoms with E-state index in [2.05, 4.69) is 9.97 Å². The average molecular weight is 276 g/mol. The van der Waals surface area contributed by atoms with Crippen molar-refractivity contribution in [3.63, 3.8) is 0 Å². The second kappa shape index (κ2) is 5.70. The van der Waals surface area contributed by atoms with E-state index in [1.807, 2.05) is 4.90 Å². The van der Waals surface area contributed by atoms with Crippen LogP contribution in [0.2, 0.25) is 0 Å². The number of piperazine rings is 1. The number of hydrogen-bond acceptors (Lipinski definition) is 5. The van der Waals surface area contributed by atoms with E-state index in [9.17, 15) is 13.2 Å². The Labute approximate surface area is 108 Å². The maximum atomic E-state index is 12.2. The molecule has 1 aromatic rings. The largest absolute Gasteiger partial charge is 0.415 e. The average Bonchev–Trinajstić information content (AvgIpc) is 2.39. The van der Waals surface area contributed by atoms with Crippen molar-refractivity contribution in [2.45, 2.75) is 12.3 Å². The summed E-state index contributed by atoms with van der Waals surface area (Å²) in [5, 5.41) is 9.02. The number of rotatable bonds is 3. The van der Waals surface area contributed by atoms with E-state index < -0.39 is 12.3 Å².